The van der Waals surface area contributed by atoms with Gasteiger partial charge in [-0.05, 0) is 6.92 Å². The molecule has 1 unspecified atom stereocenters. The van der Waals surface area contributed by atoms with Gasteiger partial charge in [0.2, 0.25) is 0 Å². The van der Waals surface area contributed by atoms with Crippen LogP contribution in [0.25, 0.3) is 0 Å². The molecule has 2 rings (SSSR count). The van der Waals surface area contributed by atoms with Gasteiger partial charge in [-0.15, -0.1) is 0 Å². The van der Waals surface area contributed by atoms with Crippen molar-refractivity contribution in [3.8, 4) is 0 Å². The van der Waals surface area contributed by atoms with E-state index in [2.05, 4.69) is 25.7 Å². The van der Waals surface area contributed by atoms with Crippen LogP contribution in [0.3, 0.4) is 0 Å². The minimum absolute atomic E-state index is 0.249. The normalized spacial score (nSPS) is 21.3. The van der Waals surface area contributed by atoms with Crippen LogP contribution in [0, 0.1) is 5.41 Å². The molecule has 1 heterocycles. The lowest BCUT2D eigenvalue weighted by atomic mass is 9.83. The van der Waals surface area contributed by atoms with Crippen LogP contribution in [-0.4, -0.2) is 41.3 Å². The molecule has 1 aromatic rings. The lowest BCUT2D eigenvalue weighted by Gasteiger charge is -2.38. The summed E-state index contributed by atoms with van der Waals surface area (Å²) in [6, 6.07) is 10.2. The number of carbonyl (C=O) groups is 1. The second-order valence-electron chi connectivity index (χ2n) is 5.97. The van der Waals surface area contributed by atoms with E-state index < -0.39 is 0 Å². The summed E-state index contributed by atoms with van der Waals surface area (Å²) < 4.78 is 0. The van der Waals surface area contributed by atoms with Crippen LogP contribution in [0.2, 0.25) is 0 Å². The fourth-order valence-corrected chi connectivity index (χ4v) is 3.64. The van der Waals surface area contributed by atoms with Crippen molar-refractivity contribution in [3.63, 3.8) is 0 Å². The summed E-state index contributed by atoms with van der Waals surface area (Å²) in [5, 5.41) is 0. The maximum atomic E-state index is 12.6. The highest BCUT2D eigenvalue weighted by molar-refractivity contribution is 7.99. The summed E-state index contributed by atoms with van der Waals surface area (Å²) >= 11 is 2.01. The first-order chi connectivity index (χ1) is 9.00. The van der Waals surface area contributed by atoms with Crippen molar-refractivity contribution in [1.29, 1.82) is 0 Å². The maximum absolute atomic E-state index is 12.6. The predicted octanol–water partition coefficient (Wildman–Crippen LogP) is 3.33. The van der Waals surface area contributed by atoms with Crippen molar-refractivity contribution in [2.75, 3.05) is 24.6 Å². The van der Waals surface area contributed by atoms with Crippen LogP contribution in [0.1, 0.15) is 31.1 Å². The zero-order valence-corrected chi connectivity index (χ0v) is 12.9. The molecular weight excluding hydrogens is 254 g/mol. The minimum atomic E-state index is -0.322. The average molecular weight is 277 g/mol. The topological polar surface area (TPSA) is 20.3 Å². The predicted molar refractivity (Wildman–Crippen MR) is 82.9 cm³/mol. The Morgan fingerprint density at radius 1 is 1.37 bits per heavy atom. The summed E-state index contributed by atoms with van der Waals surface area (Å²) in [5.41, 5.74) is 0.504. The second kappa shape index (κ2) is 6.10. The Morgan fingerprint density at radius 3 is 2.68 bits per heavy atom. The van der Waals surface area contributed by atoms with Crippen LogP contribution in [0.15, 0.2) is 30.3 Å². The SMILES string of the molecule is CC1CSCCN1CC(C)(C)C(=O)c1ccccc1. The third-order valence-corrected chi connectivity index (χ3v) is 4.94. The van der Waals surface area contributed by atoms with Crippen molar-refractivity contribution in [2.45, 2.75) is 26.8 Å². The molecule has 1 fully saturated rings. The van der Waals surface area contributed by atoms with E-state index in [9.17, 15) is 4.79 Å². The summed E-state index contributed by atoms with van der Waals surface area (Å²) in [6.07, 6.45) is 0. The lowest BCUT2D eigenvalue weighted by Crippen LogP contribution is -2.47. The first kappa shape index (κ1) is 14.6. The number of hydrogen-bond donors (Lipinski definition) is 0. The van der Waals surface area contributed by atoms with E-state index in [1.54, 1.807) is 0 Å². The van der Waals surface area contributed by atoms with Gasteiger partial charge in [0.05, 0.1) is 0 Å². The number of hydrogen-bond acceptors (Lipinski definition) is 3. The van der Waals surface area contributed by atoms with Crippen molar-refractivity contribution < 1.29 is 4.79 Å². The standard InChI is InChI=1S/C16H23NOS/c1-13-11-19-10-9-17(13)12-16(2,3)15(18)14-7-5-4-6-8-14/h4-8,13H,9-12H2,1-3H3. The van der Waals surface area contributed by atoms with Crippen molar-refractivity contribution in [3.05, 3.63) is 35.9 Å². The van der Waals surface area contributed by atoms with Gasteiger partial charge in [0.1, 0.15) is 0 Å². The molecular formula is C16H23NOS. The quantitative estimate of drug-likeness (QED) is 0.787. The summed E-state index contributed by atoms with van der Waals surface area (Å²) in [6.45, 7) is 8.34. The molecule has 0 amide bonds. The molecule has 0 radical (unpaired) electrons. The van der Waals surface area contributed by atoms with Gasteiger partial charge in [0.25, 0.3) is 0 Å². The van der Waals surface area contributed by atoms with Gasteiger partial charge < -0.3 is 0 Å². The Labute approximate surface area is 120 Å². The van der Waals surface area contributed by atoms with Gasteiger partial charge in [0.15, 0.2) is 5.78 Å². The molecule has 0 spiro atoms. The average Bonchev–Trinajstić information content (AvgIpc) is 2.41. The Morgan fingerprint density at radius 2 is 2.05 bits per heavy atom. The molecule has 104 valence electrons. The summed E-state index contributed by atoms with van der Waals surface area (Å²) in [4.78, 5) is 15.1. The molecule has 3 heteroatoms. The zero-order chi connectivity index (χ0) is 13.9. The van der Waals surface area contributed by atoms with E-state index in [-0.39, 0.29) is 11.2 Å². The van der Waals surface area contributed by atoms with Gasteiger partial charge in [-0.25, -0.2) is 0 Å². The molecule has 1 aliphatic rings. The van der Waals surface area contributed by atoms with Gasteiger partial charge in [-0.1, -0.05) is 44.2 Å². The van der Waals surface area contributed by atoms with Crippen molar-refractivity contribution >= 4 is 17.5 Å². The Hall–Kier alpha value is -0.800. The third kappa shape index (κ3) is 3.61. The number of benzene rings is 1. The lowest BCUT2D eigenvalue weighted by molar-refractivity contribution is 0.0739. The molecule has 0 bridgehead atoms. The van der Waals surface area contributed by atoms with Crippen molar-refractivity contribution in [2.24, 2.45) is 5.41 Å². The van der Waals surface area contributed by atoms with E-state index in [1.807, 2.05) is 42.1 Å². The van der Waals surface area contributed by atoms with E-state index in [0.717, 1.165) is 18.7 Å². The van der Waals surface area contributed by atoms with Crippen LogP contribution in [0.5, 0.6) is 0 Å². The fourth-order valence-electron chi connectivity index (χ4n) is 2.56. The Balaban J connectivity index is 2.07. The molecule has 0 saturated carbocycles. The smallest absolute Gasteiger partial charge is 0.169 e. The van der Waals surface area contributed by atoms with Crippen LogP contribution >= 0.6 is 11.8 Å². The van der Waals surface area contributed by atoms with Gasteiger partial charge in [-0.2, -0.15) is 11.8 Å². The molecule has 1 atom stereocenters. The molecule has 1 aromatic carbocycles. The molecule has 1 aliphatic heterocycles. The molecule has 1 saturated heterocycles. The highest BCUT2D eigenvalue weighted by Gasteiger charge is 2.33. The van der Waals surface area contributed by atoms with Gasteiger partial charge in [0, 0.05) is 41.6 Å². The number of carbonyl (C=O) groups excluding carboxylic acids is 1. The first-order valence-electron chi connectivity index (χ1n) is 6.92. The largest absolute Gasteiger partial charge is 0.298 e. The first-order valence-corrected chi connectivity index (χ1v) is 8.08. The van der Waals surface area contributed by atoms with E-state index in [4.69, 9.17) is 0 Å². The highest BCUT2D eigenvalue weighted by Crippen LogP contribution is 2.26. The second-order valence-corrected chi connectivity index (χ2v) is 7.12. The number of Topliss-reactive ketones (excluding diaryl/α,β-unsaturated/α-hetero) is 1. The minimum Gasteiger partial charge on any atom is -0.298 e. The maximum Gasteiger partial charge on any atom is 0.169 e. The van der Waals surface area contributed by atoms with Gasteiger partial charge in [-0.3, -0.25) is 9.69 Å². The van der Waals surface area contributed by atoms with Gasteiger partial charge >= 0.3 is 0 Å². The molecule has 2 nitrogen and oxygen atoms in total. The summed E-state index contributed by atoms with van der Waals surface area (Å²) in [7, 11) is 0. The van der Waals surface area contributed by atoms with E-state index >= 15 is 0 Å². The number of ketones is 1. The highest BCUT2D eigenvalue weighted by atomic mass is 32.2. The molecule has 0 aromatic heterocycles. The van der Waals surface area contributed by atoms with Crippen LogP contribution < -0.4 is 0 Å². The van der Waals surface area contributed by atoms with Crippen LogP contribution in [0.4, 0.5) is 0 Å². The number of rotatable bonds is 4. The third-order valence-electron chi connectivity index (χ3n) is 3.75. The molecule has 0 aliphatic carbocycles. The Bertz CT molecular complexity index is 430. The summed E-state index contributed by atoms with van der Waals surface area (Å²) in [5.74, 6) is 2.61. The van der Waals surface area contributed by atoms with E-state index in [0.29, 0.717) is 6.04 Å². The monoisotopic (exact) mass is 277 g/mol. The number of thioether (sulfide) groups is 1. The fraction of sp³-hybridized carbons (Fsp3) is 0.562. The Kier molecular flexibility index (Phi) is 4.69. The van der Waals surface area contributed by atoms with Crippen LogP contribution in [-0.2, 0) is 0 Å². The van der Waals surface area contributed by atoms with E-state index in [1.165, 1.54) is 11.5 Å². The zero-order valence-electron chi connectivity index (χ0n) is 12.1. The molecule has 19 heavy (non-hydrogen) atoms. The molecule has 0 N–H and O–H groups in total. The number of nitrogens with zero attached hydrogens (tertiary/aromatic N) is 1. The van der Waals surface area contributed by atoms with Crippen molar-refractivity contribution in [1.82, 2.24) is 4.90 Å².